The summed E-state index contributed by atoms with van der Waals surface area (Å²) in [6.45, 7) is 0. The zero-order valence-electron chi connectivity index (χ0n) is 9.03. The summed E-state index contributed by atoms with van der Waals surface area (Å²) in [5, 5.41) is 0. The van der Waals surface area contributed by atoms with Gasteiger partial charge in [-0.25, -0.2) is 18.3 Å². The Labute approximate surface area is 101 Å². The summed E-state index contributed by atoms with van der Waals surface area (Å²) in [5.74, 6) is -2.77. The van der Waals surface area contributed by atoms with E-state index in [1.165, 1.54) is 4.72 Å². The van der Waals surface area contributed by atoms with Crippen LogP contribution in [0.15, 0.2) is 12.1 Å². The molecule has 0 heterocycles. The van der Waals surface area contributed by atoms with Crippen LogP contribution in [0.2, 0.25) is 0 Å². The Morgan fingerprint density at radius 3 is 2.56 bits per heavy atom. The van der Waals surface area contributed by atoms with Crippen LogP contribution in [-0.2, 0) is 14.9 Å². The van der Waals surface area contributed by atoms with E-state index in [4.69, 9.17) is 5.73 Å². The van der Waals surface area contributed by atoms with Gasteiger partial charge in [-0.2, -0.15) is 8.42 Å². The van der Waals surface area contributed by atoms with Crippen LogP contribution in [0.1, 0.15) is 0 Å². The Bertz CT molecular complexity index is 576. The molecule has 0 radical (unpaired) electrons. The van der Waals surface area contributed by atoms with Crippen LogP contribution in [0, 0.1) is 11.6 Å². The molecule has 100 valence electrons. The first-order chi connectivity index (χ1) is 8.26. The lowest BCUT2D eigenvalue weighted by Crippen LogP contribution is -2.35. The highest BCUT2D eigenvalue weighted by Crippen LogP contribution is 2.25. The molecule has 1 aromatic rings. The highest BCUT2D eigenvalue weighted by molar-refractivity contribution is 7.91. The molecule has 10 heteroatoms. The van der Waals surface area contributed by atoms with Crippen molar-refractivity contribution in [1.29, 1.82) is 0 Å². The highest BCUT2D eigenvalue weighted by Gasteiger charge is 2.20. The van der Waals surface area contributed by atoms with E-state index in [2.05, 4.69) is 4.74 Å². The number of carbonyl (C=O) groups excluding carboxylic acids is 1. The molecule has 1 rings (SSSR count). The second-order valence-corrected chi connectivity index (χ2v) is 4.44. The summed E-state index contributed by atoms with van der Waals surface area (Å²) in [6, 6.07) is 1.70. The number of carbonyl (C=O) groups is 1. The van der Waals surface area contributed by atoms with Crippen molar-refractivity contribution >= 4 is 27.7 Å². The number of amides is 1. The molecule has 0 bridgehead atoms. The third kappa shape index (κ3) is 3.20. The Hall–Kier alpha value is -2.10. The predicted octanol–water partition coefficient (Wildman–Crippen LogP) is 0.560. The van der Waals surface area contributed by atoms with Crippen LogP contribution in [0.25, 0.3) is 0 Å². The summed E-state index contributed by atoms with van der Waals surface area (Å²) in [7, 11) is -3.54. The van der Waals surface area contributed by atoms with Crippen molar-refractivity contribution in [2.24, 2.45) is 0 Å². The molecule has 0 saturated heterocycles. The molecule has 0 aliphatic carbocycles. The molecule has 0 unspecified atom stereocenters. The van der Waals surface area contributed by atoms with E-state index in [1.807, 2.05) is 0 Å². The van der Waals surface area contributed by atoms with Crippen LogP contribution in [0.3, 0.4) is 0 Å². The van der Waals surface area contributed by atoms with E-state index in [0.29, 0.717) is 0 Å². The number of hydrogen-bond donors (Lipinski definition) is 3. The molecule has 1 aromatic carbocycles. The zero-order valence-corrected chi connectivity index (χ0v) is 9.85. The molecule has 0 atom stereocenters. The summed E-state index contributed by atoms with van der Waals surface area (Å²) in [6.07, 6.45) is -1.29. The molecule has 7 nitrogen and oxygen atoms in total. The Kier molecular flexibility index (Phi) is 3.91. The minimum Gasteiger partial charge on any atom is -0.452 e. The van der Waals surface area contributed by atoms with Crippen molar-refractivity contribution in [1.82, 2.24) is 4.72 Å². The number of halogens is 2. The summed E-state index contributed by atoms with van der Waals surface area (Å²) in [5.41, 5.74) is 4.14. The van der Waals surface area contributed by atoms with E-state index in [0.717, 1.165) is 19.2 Å². The number of nitrogens with two attached hydrogens (primary N) is 1. The van der Waals surface area contributed by atoms with E-state index in [9.17, 15) is 22.0 Å². The lowest BCUT2D eigenvalue weighted by molar-refractivity contribution is 0.177. The highest BCUT2D eigenvalue weighted by atomic mass is 32.2. The molecule has 1 amide bonds. The van der Waals surface area contributed by atoms with Crippen molar-refractivity contribution in [3.05, 3.63) is 23.8 Å². The number of nitrogen functional groups attached to an aromatic ring is 1. The van der Waals surface area contributed by atoms with Crippen molar-refractivity contribution in [3.8, 4) is 0 Å². The topological polar surface area (TPSA) is 111 Å². The van der Waals surface area contributed by atoms with Gasteiger partial charge in [0.05, 0.1) is 12.8 Å². The number of ether oxygens (including phenoxy) is 1. The lowest BCUT2D eigenvalue weighted by atomic mass is 10.2. The second kappa shape index (κ2) is 5.04. The third-order valence-electron chi connectivity index (χ3n) is 1.77. The van der Waals surface area contributed by atoms with E-state index in [1.54, 1.807) is 4.72 Å². The predicted molar refractivity (Wildman–Crippen MR) is 58.9 cm³/mol. The van der Waals surface area contributed by atoms with Gasteiger partial charge < -0.3 is 10.5 Å². The largest absolute Gasteiger partial charge is 0.452 e. The fourth-order valence-corrected chi connectivity index (χ4v) is 1.81. The van der Waals surface area contributed by atoms with Crippen LogP contribution < -0.4 is 15.2 Å². The minimum atomic E-state index is -4.47. The van der Waals surface area contributed by atoms with Gasteiger partial charge in [0.2, 0.25) is 0 Å². The van der Waals surface area contributed by atoms with Crippen LogP contribution in [-0.4, -0.2) is 21.6 Å². The number of hydrogen-bond acceptors (Lipinski definition) is 5. The molecule has 0 aliphatic heterocycles. The fraction of sp³-hybridized carbons (Fsp3) is 0.125. The Morgan fingerprint density at radius 2 is 2.00 bits per heavy atom. The van der Waals surface area contributed by atoms with Crippen LogP contribution in [0.4, 0.5) is 25.0 Å². The first-order valence-corrected chi connectivity index (χ1v) is 5.87. The number of nitrogens with one attached hydrogen (secondary N) is 2. The van der Waals surface area contributed by atoms with Gasteiger partial charge in [0.1, 0.15) is 5.69 Å². The molecule has 4 N–H and O–H groups in total. The Morgan fingerprint density at radius 1 is 1.39 bits per heavy atom. The van der Waals surface area contributed by atoms with Crippen LogP contribution >= 0.6 is 0 Å². The average molecular weight is 281 g/mol. The SMILES string of the molecule is COC(=O)NS(=O)(=O)Nc1c(N)ccc(F)c1F. The smallest absolute Gasteiger partial charge is 0.422 e. The van der Waals surface area contributed by atoms with Gasteiger partial charge in [0, 0.05) is 0 Å². The third-order valence-corrected chi connectivity index (χ3v) is 2.67. The second-order valence-electron chi connectivity index (χ2n) is 3.02. The standard InChI is InChI=1S/C8H9F2N3O4S/c1-17-8(14)13-18(15,16)12-7-5(11)3-2-4(9)6(7)10/h2-3,12H,11H2,1H3,(H,13,14). The number of benzene rings is 1. The summed E-state index contributed by atoms with van der Waals surface area (Å²) >= 11 is 0. The molecular weight excluding hydrogens is 272 g/mol. The van der Waals surface area contributed by atoms with Crippen LogP contribution in [0.5, 0.6) is 0 Å². The number of anilines is 2. The van der Waals surface area contributed by atoms with Crippen molar-refractivity contribution in [2.45, 2.75) is 0 Å². The van der Waals surface area contributed by atoms with Crippen molar-refractivity contribution in [2.75, 3.05) is 17.6 Å². The van der Waals surface area contributed by atoms with Gasteiger partial charge in [0.15, 0.2) is 11.6 Å². The van der Waals surface area contributed by atoms with E-state index in [-0.39, 0.29) is 5.69 Å². The summed E-state index contributed by atoms with van der Waals surface area (Å²) < 4.78 is 55.8. The Balaban J connectivity index is 3.05. The zero-order chi connectivity index (χ0) is 13.9. The average Bonchev–Trinajstić information content (AvgIpc) is 2.29. The van der Waals surface area contributed by atoms with E-state index < -0.39 is 33.6 Å². The first-order valence-electron chi connectivity index (χ1n) is 4.39. The first kappa shape index (κ1) is 14.0. The maximum atomic E-state index is 13.3. The normalized spacial score (nSPS) is 10.8. The number of rotatable bonds is 3. The molecule has 0 saturated carbocycles. The lowest BCUT2D eigenvalue weighted by Gasteiger charge is -2.11. The fourth-order valence-electron chi connectivity index (χ4n) is 0.981. The summed E-state index contributed by atoms with van der Waals surface area (Å²) in [4.78, 5) is 10.7. The molecule has 0 aromatic heterocycles. The molecular formula is C8H9F2N3O4S. The maximum absolute atomic E-state index is 13.3. The molecule has 0 fully saturated rings. The molecule has 0 aliphatic rings. The minimum absolute atomic E-state index is 0.343. The monoisotopic (exact) mass is 281 g/mol. The number of methoxy groups -OCH3 is 1. The van der Waals surface area contributed by atoms with Gasteiger partial charge in [-0.3, -0.25) is 4.72 Å². The van der Waals surface area contributed by atoms with E-state index >= 15 is 0 Å². The quantitative estimate of drug-likeness (QED) is 0.701. The maximum Gasteiger partial charge on any atom is 0.422 e. The van der Waals surface area contributed by atoms with Crippen molar-refractivity contribution < 1.29 is 26.7 Å². The van der Waals surface area contributed by atoms with Gasteiger partial charge >= 0.3 is 16.3 Å². The van der Waals surface area contributed by atoms with Crippen molar-refractivity contribution in [3.63, 3.8) is 0 Å². The van der Waals surface area contributed by atoms with Gasteiger partial charge in [-0.1, -0.05) is 0 Å². The van der Waals surface area contributed by atoms with Gasteiger partial charge in [-0.05, 0) is 12.1 Å². The van der Waals surface area contributed by atoms with Gasteiger partial charge in [-0.15, -0.1) is 0 Å². The molecule has 18 heavy (non-hydrogen) atoms. The van der Waals surface area contributed by atoms with Gasteiger partial charge in [0.25, 0.3) is 0 Å². The molecule has 0 spiro atoms.